The molecule has 5 nitrogen and oxygen atoms in total. The molecule has 0 saturated carbocycles. The molecule has 0 unspecified atom stereocenters. The molecule has 0 aromatic heterocycles. The number of hydrogen-bond acceptors (Lipinski definition) is 2. The lowest BCUT2D eigenvalue weighted by atomic mass is 10.1. The highest BCUT2D eigenvalue weighted by Crippen LogP contribution is 2.13. The lowest BCUT2D eigenvalue weighted by Gasteiger charge is -2.08. The maximum atomic E-state index is 11.9. The number of carbonyl (C=O) groups excluding carboxylic acids is 1. The molecule has 108 valence electrons. The molecule has 0 spiro atoms. The Morgan fingerprint density at radius 2 is 1.67 bits per heavy atom. The molecule has 2 rings (SSSR count). The van der Waals surface area contributed by atoms with Gasteiger partial charge in [0.1, 0.15) is 0 Å². The summed E-state index contributed by atoms with van der Waals surface area (Å²) in [6, 6.07) is 13.2. The lowest BCUT2D eigenvalue weighted by molar-refractivity contribution is 0.0697. The zero-order valence-electron chi connectivity index (χ0n) is 11.6. The average Bonchev–Trinajstić information content (AvgIpc) is 2.47. The molecule has 0 aliphatic carbocycles. The van der Waals surface area contributed by atoms with Crippen molar-refractivity contribution < 1.29 is 14.7 Å². The van der Waals surface area contributed by atoms with E-state index in [0.717, 1.165) is 12.0 Å². The Bertz CT molecular complexity index is 651. The second kappa shape index (κ2) is 6.56. The minimum atomic E-state index is -0.998. The predicted molar refractivity (Wildman–Crippen MR) is 81.9 cm³/mol. The van der Waals surface area contributed by atoms with Crippen molar-refractivity contribution >= 4 is 23.4 Å². The SMILES string of the molecule is CCc1cccc(NC(=O)Nc2ccc(C(=O)O)cc2)c1. The first-order valence-corrected chi connectivity index (χ1v) is 6.59. The Morgan fingerprint density at radius 3 is 2.29 bits per heavy atom. The summed E-state index contributed by atoms with van der Waals surface area (Å²) in [6.07, 6.45) is 0.897. The fraction of sp³-hybridized carbons (Fsp3) is 0.125. The van der Waals surface area contributed by atoms with Crippen LogP contribution in [0, 0.1) is 0 Å². The van der Waals surface area contributed by atoms with Gasteiger partial charge in [-0.3, -0.25) is 0 Å². The molecular weight excluding hydrogens is 268 g/mol. The first-order valence-electron chi connectivity index (χ1n) is 6.59. The third-order valence-corrected chi connectivity index (χ3v) is 2.98. The Hall–Kier alpha value is -2.82. The number of carbonyl (C=O) groups is 2. The van der Waals surface area contributed by atoms with Crippen LogP contribution < -0.4 is 10.6 Å². The molecule has 0 radical (unpaired) electrons. The van der Waals surface area contributed by atoms with Crippen molar-refractivity contribution in [1.29, 1.82) is 0 Å². The number of carboxylic acid groups (broad SMARTS) is 1. The van der Waals surface area contributed by atoms with Crippen molar-refractivity contribution in [3.63, 3.8) is 0 Å². The summed E-state index contributed by atoms with van der Waals surface area (Å²) < 4.78 is 0. The molecule has 0 bridgehead atoms. The van der Waals surface area contributed by atoms with Crippen LogP contribution in [0.1, 0.15) is 22.8 Å². The number of urea groups is 1. The van der Waals surface area contributed by atoms with Crippen LogP contribution in [0.25, 0.3) is 0 Å². The highest BCUT2D eigenvalue weighted by Gasteiger charge is 2.05. The van der Waals surface area contributed by atoms with Gasteiger partial charge in [0.25, 0.3) is 0 Å². The number of aryl methyl sites for hydroxylation is 1. The van der Waals surface area contributed by atoms with Crippen molar-refractivity contribution in [3.05, 3.63) is 59.7 Å². The second-order valence-corrected chi connectivity index (χ2v) is 4.52. The molecule has 5 heteroatoms. The maximum absolute atomic E-state index is 11.9. The lowest BCUT2D eigenvalue weighted by Crippen LogP contribution is -2.19. The van der Waals surface area contributed by atoms with E-state index in [-0.39, 0.29) is 11.6 Å². The van der Waals surface area contributed by atoms with E-state index in [2.05, 4.69) is 10.6 Å². The summed E-state index contributed by atoms with van der Waals surface area (Å²) in [4.78, 5) is 22.6. The summed E-state index contributed by atoms with van der Waals surface area (Å²) in [5, 5.41) is 14.2. The van der Waals surface area contributed by atoms with E-state index in [1.54, 1.807) is 12.1 Å². The molecule has 0 heterocycles. The summed E-state index contributed by atoms with van der Waals surface area (Å²) in [5.74, 6) is -0.998. The smallest absolute Gasteiger partial charge is 0.335 e. The maximum Gasteiger partial charge on any atom is 0.335 e. The summed E-state index contributed by atoms with van der Waals surface area (Å²) in [5.41, 5.74) is 2.56. The number of rotatable bonds is 4. The Morgan fingerprint density at radius 1 is 1.00 bits per heavy atom. The Kier molecular flexibility index (Phi) is 4.56. The highest BCUT2D eigenvalue weighted by atomic mass is 16.4. The van der Waals surface area contributed by atoms with Gasteiger partial charge in [0.15, 0.2) is 0 Å². The van der Waals surface area contributed by atoms with E-state index < -0.39 is 5.97 Å². The third-order valence-electron chi connectivity index (χ3n) is 2.98. The molecular formula is C16H16N2O3. The van der Waals surface area contributed by atoms with Gasteiger partial charge in [-0.25, -0.2) is 9.59 Å². The molecule has 2 aromatic rings. The van der Waals surface area contributed by atoms with Crippen LogP contribution in [-0.4, -0.2) is 17.1 Å². The van der Waals surface area contributed by atoms with Gasteiger partial charge in [-0.2, -0.15) is 0 Å². The molecule has 21 heavy (non-hydrogen) atoms. The molecule has 0 aliphatic heterocycles. The Labute approximate surface area is 122 Å². The number of carboxylic acids is 1. The van der Waals surface area contributed by atoms with Crippen LogP contribution in [0.3, 0.4) is 0 Å². The molecule has 3 N–H and O–H groups in total. The number of aromatic carboxylic acids is 1. The third kappa shape index (κ3) is 4.07. The molecule has 0 atom stereocenters. The fourth-order valence-corrected chi connectivity index (χ4v) is 1.86. The van der Waals surface area contributed by atoms with Gasteiger partial charge >= 0.3 is 12.0 Å². The molecule has 0 saturated heterocycles. The van der Waals surface area contributed by atoms with E-state index in [4.69, 9.17) is 5.11 Å². The minimum Gasteiger partial charge on any atom is -0.478 e. The first-order chi connectivity index (χ1) is 10.1. The van der Waals surface area contributed by atoms with Crippen LogP contribution in [-0.2, 0) is 6.42 Å². The van der Waals surface area contributed by atoms with Crippen molar-refractivity contribution in [2.75, 3.05) is 10.6 Å². The van der Waals surface area contributed by atoms with E-state index in [1.807, 2.05) is 31.2 Å². The monoisotopic (exact) mass is 284 g/mol. The second-order valence-electron chi connectivity index (χ2n) is 4.52. The number of benzene rings is 2. The first kappa shape index (κ1) is 14.6. The molecule has 0 fully saturated rings. The van der Waals surface area contributed by atoms with E-state index >= 15 is 0 Å². The minimum absolute atomic E-state index is 0.177. The van der Waals surface area contributed by atoms with Crippen molar-refractivity contribution in [2.45, 2.75) is 13.3 Å². The summed E-state index contributed by atoms with van der Waals surface area (Å²) in [6.45, 7) is 2.04. The largest absolute Gasteiger partial charge is 0.478 e. The van der Waals surface area contributed by atoms with Gasteiger partial charge in [-0.05, 0) is 48.4 Å². The van der Waals surface area contributed by atoms with Gasteiger partial charge in [0, 0.05) is 11.4 Å². The number of nitrogens with one attached hydrogen (secondary N) is 2. The van der Waals surface area contributed by atoms with Crippen molar-refractivity contribution in [3.8, 4) is 0 Å². The standard InChI is InChI=1S/C16H16N2O3/c1-2-11-4-3-5-14(10-11)18-16(21)17-13-8-6-12(7-9-13)15(19)20/h3-10H,2H2,1H3,(H,19,20)(H2,17,18,21). The zero-order valence-corrected chi connectivity index (χ0v) is 11.6. The molecule has 2 aromatic carbocycles. The molecule has 0 aliphatic rings. The van der Waals surface area contributed by atoms with Crippen LogP contribution in [0.5, 0.6) is 0 Å². The van der Waals surface area contributed by atoms with Crippen LogP contribution in [0.4, 0.5) is 16.2 Å². The van der Waals surface area contributed by atoms with Gasteiger partial charge in [-0.15, -0.1) is 0 Å². The normalized spacial score (nSPS) is 9.95. The van der Waals surface area contributed by atoms with Crippen LogP contribution >= 0.6 is 0 Å². The van der Waals surface area contributed by atoms with Gasteiger partial charge in [-0.1, -0.05) is 19.1 Å². The van der Waals surface area contributed by atoms with Gasteiger partial charge in [0.05, 0.1) is 5.56 Å². The fourth-order valence-electron chi connectivity index (χ4n) is 1.86. The molecule has 2 amide bonds. The topological polar surface area (TPSA) is 78.4 Å². The van der Waals surface area contributed by atoms with Crippen molar-refractivity contribution in [1.82, 2.24) is 0 Å². The summed E-state index contributed by atoms with van der Waals surface area (Å²) in [7, 11) is 0. The number of amides is 2. The van der Waals surface area contributed by atoms with Crippen molar-refractivity contribution in [2.24, 2.45) is 0 Å². The predicted octanol–water partition coefficient (Wildman–Crippen LogP) is 3.59. The van der Waals surface area contributed by atoms with Crippen LogP contribution in [0.2, 0.25) is 0 Å². The quantitative estimate of drug-likeness (QED) is 0.802. The van der Waals surface area contributed by atoms with E-state index in [0.29, 0.717) is 11.4 Å². The number of hydrogen-bond donors (Lipinski definition) is 3. The summed E-state index contributed by atoms with van der Waals surface area (Å²) >= 11 is 0. The number of anilines is 2. The highest BCUT2D eigenvalue weighted by molar-refractivity contribution is 6.00. The van der Waals surface area contributed by atoms with Crippen LogP contribution in [0.15, 0.2) is 48.5 Å². The average molecular weight is 284 g/mol. The van der Waals surface area contributed by atoms with E-state index in [1.165, 1.54) is 12.1 Å². The van der Waals surface area contributed by atoms with Gasteiger partial charge < -0.3 is 15.7 Å². The zero-order chi connectivity index (χ0) is 15.2. The van der Waals surface area contributed by atoms with E-state index in [9.17, 15) is 9.59 Å². The van der Waals surface area contributed by atoms with Gasteiger partial charge in [0.2, 0.25) is 0 Å². The Balaban J connectivity index is 1.99.